The highest BCUT2D eigenvalue weighted by Gasteiger charge is 2.34. The molecule has 142 valence electrons. The number of aliphatic carboxylic acids is 1. The normalized spacial score (nSPS) is 21.8. The monoisotopic (exact) mass is 382 g/mol. The SMILES string of the molecule is CC(=O)N1CC(C)Oc2ccc(S(=O)(=O)N3CCC(C(=O)O)CC3)cc21. The molecule has 2 heterocycles. The fraction of sp³-hybridized carbons (Fsp3) is 0.529. The van der Waals surface area contributed by atoms with Gasteiger partial charge in [-0.3, -0.25) is 9.59 Å². The van der Waals surface area contributed by atoms with E-state index in [0.29, 0.717) is 30.8 Å². The van der Waals surface area contributed by atoms with Gasteiger partial charge in [-0.15, -0.1) is 0 Å². The van der Waals surface area contributed by atoms with Crippen molar-refractivity contribution in [1.82, 2.24) is 4.31 Å². The van der Waals surface area contributed by atoms with Gasteiger partial charge in [0.05, 0.1) is 23.0 Å². The molecule has 1 amide bonds. The van der Waals surface area contributed by atoms with Crippen molar-refractivity contribution in [1.29, 1.82) is 0 Å². The number of carboxylic acids is 1. The molecule has 1 aromatic carbocycles. The summed E-state index contributed by atoms with van der Waals surface area (Å²) < 4.78 is 32.9. The third-order valence-electron chi connectivity index (χ3n) is 4.81. The number of hydrogen-bond acceptors (Lipinski definition) is 5. The molecule has 2 aliphatic heterocycles. The first kappa shape index (κ1) is 18.7. The molecule has 3 rings (SSSR count). The van der Waals surface area contributed by atoms with E-state index < -0.39 is 21.9 Å². The van der Waals surface area contributed by atoms with Crippen molar-refractivity contribution in [3.8, 4) is 5.75 Å². The van der Waals surface area contributed by atoms with Gasteiger partial charge in [-0.25, -0.2) is 8.42 Å². The molecule has 26 heavy (non-hydrogen) atoms. The Labute approximate surface area is 152 Å². The van der Waals surface area contributed by atoms with Crippen molar-refractivity contribution in [2.45, 2.75) is 37.7 Å². The van der Waals surface area contributed by atoms with Crippen LogP contribution < -0.4 is 9.64 Å². The molecule has 1 N–H and O–H groups in total. The first-order chi connectivity index (χ1) is 12.2. The lowest BCUT2D eigenvalue weighted by atomic mass is 9.99. The Hall–Kier alpha value is -2.13. The predicted molar refractivity (Wildman–Crippen MR) is 93.7 cm³/mol. The minimum Gasteiger partial charge on any atom is -0.487 e. The molecule has 1 saturated heterocycles. The second kappa shape index (κ2) is 6.88. The smallest absolute Gasteiger partial charge is 0.306 e. The average Bonchev–Trinajstić information content (AvgIpc) is 2.60. The molecular weight excluding hydrogens is 360 g/mol. The van der Waals surface area contributed by atoms with Crippen LogP contribution in [0.1, 0.15) is 26.7 Å². The number of carbonyl (C=O) groups is 2. The lowest BCUT2D eigenvalue weighted by Gasteiger charge is -2.34. The molecule has 0 aliphatic carbocycles. The molecule has 0 bridgehead atoms. The van der Waals surface area contributed by atoms with Gasteiger partial charge in [0.15, 0.2) is 0 Å². The Morgan fingerprint density at radius 2 is 1.88 bits per heavy atom. The van der Waals surface area contributed by atoms with Crippen LogP contribution in [0.15, 0.2) is 23.1 Å². The number of piperidine rings is 1. The summed E-state index contributed by atoms with van der Waals surface area (Å²) in [6, 6.07) is 4.49. The van der Waals surface area contributed by atoms with Gasteiger partial charge in [0.1, 0.15) is 11.9 Å². The average molecular weight is 382 g/mol. The van der Waals surface area contributed by atoms with Gasteiger partial charge in [-0.2, -0.15) is 4.31 Å². The maximum atomic E-state index is 12.9. The summed E-state index contributed by atoms with van der Waals surface area (Å²) in [4.78, 5) is 24.6. The van der Waals surface area contributed by atoms with Crippen LogP contribution >= 0.6 is 0 Å². The van der Waals surface area contributed by atoms with Gasteiger partial charge >= 0.3 is 5.97 Å². The van der Waals surface area contributed by atoms with E-state index in [1.54, 1.807) is 6.07 Å². The number of nitrogens with zero attached hydrogens (tertiary/aromatic N) is 2. The largest absolute Gasteiger partial charge is 0.487 e. The summed E-state index contributed by atoms with van der Waals surface area (Å²) in [5.74, 6) is -1.10. The van der Waals surface area contributed by atoms with E-state index >= 15 is 0 Å². The summed E-state index contributed by atoms with van der Waals surface area (Å²) >= 11 is 0. The minimum absolute atomic E-state index is 0.0782. The highest BCUT2D eigenvalue weighted by atomic mass is 32.2. The fourth-order valence-electron chi connectivity index (χ4n) is 3.37. The van der Waals surface area contributed by atoms with Crippen molar-refractivity contribution >= 4 is 27.6 Å². The maximum absolute atomic E-state index is 12.9. The predicted octanol–water partition coefficient (Wildman–Crippen LogP) is 1.31. The lowest BCUT2D eigenvalue weighted by Crippen LogP contribution is -2.42. The Kier molecular flexibility index (Phi) is 4.94. The minimum atomic E-state index is -3.76. The molecule has 1 aromatic rings. The Morgan fingerprint density at radius 3 is 2.46 bits per heavy atom. The van der Waals surface area contributed by atoms with Gasteiger partial charge in [-0.1, -0.05) is 0 Å². The molecule has 2 aliphatic rings. The van der Waals surface area contributed by atoms with E-state index in [2.05, 4.69) is 0 Å². The zero-order chi connectivity index (χ0) is 19.1. The van der Waals surface area contributed by atoms with E-state index in [1.807, 2.05) is 6.92 Å². The summed E-state index contributed by atoms with van der Waals surface area (Å²) in [5, 5.41) is 9.06. The van der Waals surface area contributed by atoms with E-state index in [0.717, 1.165) is 0 Å². The number of carboxylic acid groups (broad SMARTS) is 1. The van der Waals surface area contributed by atoms with Crippen molar-refractivity contribution < 1.29 is 27.9 Å². The Balaban J connectivity index is 1.89. The third-order valence-corrected chi connectivity index (χ3v) is 6.70. The Bertz CT molecular complexity index is 830. The van der Waals surface area contributed by atoms with Crippen LogP contribution in [0.25, 0.3) is 0 Å². The number of anilines is 1. The van der Waals surface area contributed by atoms with E-state index in [1.165, 1.54) is 28.3 Å². The first-order valence-corrected chi connectivity index (χ1v) is 9.96. The summed E-state index contributed by atoms with van der Waals surface area (Å²) in [6.07, 6.45) is 0.406. The number of carbonyl (C=O) groups excluding carboxylic acids is 1. The van der Waals surface area contributed by atoms with E-state index in [4.69, 9.17) is 9.84 Å². The fourth-order valence-corrected chi connectivity index (χ4v) is 4.86. The van der Waals surface area contributed by atoms with Crippen LogP contribution in [-0.4, -0.2) is 55.4 Å². The van der Waals surface area contributed by atoms with Crippen LogP contribution in [0, 0.1) is 5.92 Å². The molecule has 0 spiro atoms. The van der Waals surface area contributed by atoms with E-state index in [-0.39, 0.29) is 30.0 Å². The molecule has 0 radical (unpaired) electrons. The number of rotatable bonds is 3. The second-order valence-corrected chi connectivity index (χ2v) is 8.64. The van der Waals surface area contributed by atoms with Crippen LogP contribution in [0.5, 0.6) is 5.75 Å². The maximum Gasteiger partial charge on any atom is 0.306 e. The zero-order valence-corrected chi connectivity index (χ0v) is 15.5. The van der Waals surface area contributed by atoms with Gasteiger partial charge in [-0.05, 0) is 38.0 Å². The van der Waals surface area contributed by atoms with Crippen molar-refractivity contribution in [2.75, 3.05) is 24.5 Å². The quantitative estimate of drug-likeness (QED) is 0.845. The van der Waals surface area contributed by atoms with Crippen LogP contribution in [0.4, 0.5) is 5.69 Å². The number of amides is 1. The molecule has 0 saturated carbocycles. The van der Waals surface area contributed by atoms with Crippen LogP contribution in [-0.2, 0) is 19.6 Å². The first-order valence-electron chi connectivity index (χ1n) is 8.52. The molecule has 0 aromatic heterocycles. The van der Waals surface area contributed by atoms with Gasteiger partial charge in [0, 0.05) is 20.0 Å². The standard InChI is InChI=1S/C17H22N2O6S/c1-11-10-19(12(2)20)15-9-14(3-4-16(15)25-11)26(23,24)18-7-5-13(6-8-18)17(21)22/h3-4,9,11,13H,5-8,10H2,1-2H3,(H,21,22). The van der Waals surface area contributed by atoms with Crippen LogP contribution in [0.2, 0.25) is 0 Å². The molecule has 1 atom stereocenters. The number of hydrogen-bond donors (Lipinski definition) is 1. The molecule has 1 fully saturated rings. The number of sulfonamides is 1. The highest BCUT2D eigenvalue weighted by Crippen LogP contribution is 2.36. The van der Waals surface area contributed by atoms with Crippen molar-refractivity contribution in [3.63, 3.8) is 0 Å². The number of benzene rings is 1. The summed E-state index contributed by atoms with van der Waals surface area (Å²) in [6.45, 7) is 3.96. The summed E-state index contributed by atoms with van der Waals surface area (Å²) in [7, 11) is -3.76. The molecular formula is C17H22N2O6S. The number of fused-ring (bicyclic) bond motifs is 1. The third kappa shape index (κ3) is 3.41. The summed E-state index contributed by atoms with van der Waals surface area (Å²) in [5.41, 5.74) is 0.442. The zero-order valence-electron chi connectivity index (χ0n) is 14.7. The molecule has 1 unspecified atom stereocenters. The van der Waals surface area contributed by atoms with Crippen molar-refractivity contribution in [3.05, 3.63) is 18.2 Å². The van der Waals surface area contributed by atoms with Gasteiger partial charge in [0.2, 0.25) is 15.9 Å². The molecule has 8 nitrogen and oxygen atoms in total. The van der Waals surface area contributed by atoms with Crippen molar-refractivity contribution in [2.24, 2.45) is 5.92 Å². The topological polar surface area (TPSA) is 104 Å². The Morgan fingerprint density at radius 1 is 1.23 bits per heavy atom. The van der Waals surface area contributed by atoms with E-state index in [9.17, 15) is 18.0 Å². The van der Waals surface area contributed by atoms with Gasteiger partial charge in [0.25, 0.3) is 0 Å². The lowest BCUT2D eigenvalue weighted by molar-refractivity contribution is -0.142. The number of ether oxygens (including phenoxy) is 1. The highest BCUT2D eigenvalue weighted by molar-refractivity contribution is 7.89. The van der Waals surface area contributed by atoms with Gasteiger partial charge < -0.3 is 14.7 Å². The molecule has 9 heteroatoms. The van der Waals surface area contributed by atoms with Crippen LogP contribution in [0.3, 0.4) is 0 Å². The second-order valence-electron chi connectivity index (χ2n) is 6.70.